The van der Waals surface area contributed by atoms with E-state index in [1.54, 1.807) is 13.8 Å². The highest BCUT2D eigenvalue weighted by Crippen LogP contribution is 2.44. The molecular formula is C24H29N5O12. The molecule has 17 nitrogen and oxygen atoms in total. The van der Waals surface area contributed by atoms with E-state index in [9.17, 15) is 24.4 Å². The van der Waals surface area contributed by atoms with E-state index in [0.29, 0.717) is 0 Å². The van der Waals surface area contributed by atoms with Crippen molar-refractivity contribution in [3.63, 3.8) is 0 Å². The lowest BCUT2D eigenvalue weighted by molar-refractivity contribution is -0.0793. The topological polar surface area (TPSA) is 208 Å². The van der Waals surface area contributed by atoms with Gasteiger partial charge >= 0.3 is 24.6 Å². The van der Waals surface area contributed by atoms with Crippen LogP contribution in [0.25, 0.3) is 5.52 Å². The van der Waals surface area contributed by atoms with Crippen molar-refractivity contribution in [1.82, 2.24) is 14.6 Å². The van der Waals surface area contributed by atoms with Gasteiger partial charge in [-0.15, -0.1) is 0 Å². The number of amides is 1. The number of anilines is 1. The number of fused-ring (bicyclic) bond motifs is 1. The summed E-state index contributed by atoms with van der Waals surface area (Å²) in [5.41, 5.74) is -2.04. The fourth-order valence-corrected chi connectivity index (χ4v) is 3.97. The molecule has 1 aliphatic rings. The molecule has 1 fully saturated rings. The van der Waals surface area contributed by atoms with Gasteiger partial charge in [0.05, 0.1) is 32.1 Å². The molecule has 3 heterocycles. The van der Waals surface area contributed by atoms with Gasteiger partial charge in [0.25, 0.3) is 0 Å². The molecule has 4 atom stereocenters. The Hall–Kier alpha value is -4.85. The smallest absolute Gasteiger partial charge is 0.450 e. The summed E-state index contributed by atoms with van der Waals surface area (Å²) >= 11 is 0. The third-order valence-electron chi connectivity index (χ3n) is 5.50. The van der Waals surface area contributed by atoms with E-state index < -0.39 is 55.1 Å². The molecule has 17 heteroatoms. The molecule has 0 bridgehead atoms. The Kier molecular flexibility index (Phi) is 10.5. The Bertz CT molecular complexity index is 1290. The zero-order chi connectivity index (χ0) is 30.0. The predicted molar refractivity (Wildman–Crippen MR) is 133 cm³/mol. The van der Waals surface area contributed by atoms with Gasteiger partial charge in [0.15, 0.2) is 18.0 Å². The Labute approximate surface area is 233 Å². The first-order valence-electron chi connectivity index (χ1n) is 12.6. The van der Waals surface area contributed by atoms with Gasteiger partial charge in [-0.1, -0.05) is 0 Å². The maximum absolute atomic E-state index is 12.5. The van der Waals surface area contributed by atoms with Crippen LogP contribution in [0.5, 0.6) is 0 Å². The number of ether oxygens (including phenoxy) is 8. The number of carbonyl (C=O) groups excluding carboxylic acids is 4. The second kappa shape index (κ2) is 14.0. The molecule has 2 aromatic rings. The average molecular weight is 580 g/mol. The molecule has 1 amide bonds. The maximum Gasteiger partial charge on any atom is 0.508 e. The van der Waals surface area contributed by atoms with Gasteiger partial charge in [0.1, 0.15) is 30.6 Å². The fourth-order valence-electron chi connectivity index (χ4n) is 3.97. The van der Waals surface area contributed by atoms with Crippen LogP contribution >= 0.6 is 0 Å². The minimum absolute atomic E-state index is 0.0157. The summed E-state index contributed by atoms with van der Waals surface area (Å²) in [6, 6.07) is 4.84. The largest absolute Gasteiger partial charge is 0.508 e. The number of aromatic nitrogens is 3. The van der Waals surface area contributed by atoms with E-state index >= 15 is 0 Å². The van der Waals surface area contributed by atoms with E-state index in [0.717, 1.165) is 6.33 Å². The zero-order valence-corrected chi connectivity index (χ0v) is 22.7. The van der Waals surface area contributed by atoms with Crippen LogP contribution in [-0.2, 0) is 43.5 Å². The summed E-state index contributed by atoms with van der Waals surface area (Å²) in [5.74, 6) is 0.0279. The van der Waals surface area contributed by atoms with Crippen LogP contribution in [0.1, 0.15) is 33.4 Å². The van der Waals surface area contributed by atoms with Gasteiger partial charge < -0.3 is 37.9 Å². The summed E-state index contributed by atoms with van der Waals surface area (Å²) in [6.07, 6.45) is -7.73. The van der Waals surface area contributed by atoms with Gasteiger partial charge in [-0.3, -0.25) is 5.32 Å². The van der Waals surface area contributed by atoms with Crippen LogP contribution < -0.4 is 5.32 Å². The van der Waals surface area contributed by atoms with Crippen molar-refractivity contribution in [3.8, 4) is 6.07 Å². The zero-order valence-electron chi connectivity index (χ0n) is 22.7. The first kappa shape index (κ1) is 30.7. The molecule has 1 saturated heterocycles. The molecule has 1 N–H and O–H groups in total. The van der Waals surface area contributed by atoms with Crippen LogP contribution in [-0.4, -0.2) is 90.5 Å². The summed E-state index contributed by atoms with van der Waals surface area (Å²) in [7, 11) is 0. The van der Waals surface area contributed by atoms with E-state index in [4.69, 9.17) is 37.9 Å². The molecule has 0 spiro atoms. The predicted octanol–water partition coefficient (Wildman–Crippen LogP) is 2.67. The van der Waals surface area contributed by atoms with Gasteiger partial charge in [-0.25, -0.2) is 28.7 Å². The third-order valence-corrected chi connectivity index (χ3v) is 5.50. The fraction of sp³-hybridized carbons (Fsp3) is 0.542. The number of carbonyl (C=O) groups is 4. The number of nitriles is 1. The Morgan fingerprint density at radius 3 is 2.22 bits per heavy atom. The lowest BCUT2D eigenvalue weighted by atomic mass is 9.92. The summed E-state index contributed by atoms with van der Waals surface area (Å²) in [6.45, 7) is 5.67. The molecule has 222 valence electrons. The summed E-state index contributed by atoms with van der Waals surface area (Å²) in [4.78, 5) is 52.9. The Morgan fingerprint density at radius 1 is 0.951 bits per heavy atom. The standard InChI is InChI=1S/C24H29N5O12/c1-5-34-20(30)28-19-14-9-10-16(29(14)27-13-26-19)24(12-25)18(40-23(33)37-8-4)17(39-22(32)36-7-3)15(41-24)11-38-21(31)35-6-2/h9-10,13,15,17-18H,5-8,11H2,1-4H3,(H,26,27,28,30)/t15-,17-,18-,24+/m1/s1. The van der Waals surface area contributed by atoms with Gasteiger partial charge in [0, 0.05) is 0 Å². The van der Waals surface area contributed by atoms with Crippen molar-refractivity contribution in [2.24, 2.45) is 0 Å². The molecule has 0 saturated carbocycles. The first-order chi connectivity index (χ1) is 19.7. The molecular weight excluding hydrogens is 550 g/mol. The van der Waals surface area contributed by atoms with Gasteiger partial charge in [-0.05, 0) is 39.8 Å². The van der Waals surface area contributed by atoms with E-state index in [2.05, 4.69) is 15.4 Å². The first-order valence-corrected chi connectivity index (χ1v) is 12.6. The van der Waals surface area contributed by atoms with Crippen LogP contribution in [0, 0.1) is 11.3 Å². The number of hydrogen-bond acceptors (Lipinski definition) is 15. The van der Waals surface area contributed by atoms with Crippen LogP contribution in [0.15, 0.2) is 18.5 Å². The van der Waals surface area contributed by atoms with E-state index in [1.807, 2.05) is 6.07 Å². The normalized spacial score (nSPS) is 21.3. The van der Waals surface area contributed by atoms with Crippen molar-refractivity contribution >= 4 is 35.9 Å². The minimum Gasteiger partial charge on any atom is -0.450 e. The van der Waals surface area contributed by atoms with Crippen molar-refractivity contribution in [2.45, 2.75) is 51.6 Å². The monoisotopic (exact) mass is 579 g/mol. The highest BCUT2D eigenvalue weighted by atomic mass is 16.8. The number of nitrogens with zero attached hydrogens (tertiary/aromatic N) is 4. The molecule has 0 aromatic carbocycles. The number of hydrogen-bond donors (Lipinski definition) is 1. The molecule has 3 rings (SSSR count). The van der Waals surface area contributed by atoms with Crippen molar-refractivity contribution < 1.29 is 57.1 Å². The lowest BCUT2D eigenvalue weighted by Crippen LogP contribution is -2.46. The molecule has 0 unspecified atom stereocenters. The second-order valence-electron chi connectivity index (χ2n) is 7.95. The van der Waals surface area contributed by atoms with Crippen LogP contribution in [0.4, 0.5) is 25.0 Å². The average Bonchev–Trinajstić information content (AvgIpc) is 3.49. The highest BCUT2D eigenvalue weighted by molar-refractivity contribution is 5.88. The molecule has 0 aliphatic carbocycles. The Morgan fingerprint density at radius 2 is 1.59 bits per heavy atom. The highest BCUT2D eigenvalue weighted by Gasteiger charge is 2.63. The van der Waals surface area contributed by atoms with Crippen molar-refractivity contribution in [1.29, 1.82) is 5.26 Å². The lowest BCUT2D eigenvalue weighted by Gasteiger charge is -2.28. The minimum atomic E-state index is -2.23. The molecule has 0 radical (unpaired) electrons. The number of nitrogens with one attached hydrogen (secondary N) is 1. The molecule has 1 aliphatic heterocycles. The molecule has 41 heavy (non-hydrogen) atoms. The molecule has 2 aromatic heterocycles. The third kappa shape index (κ3) is 6.84. The Balaban J connectivity index is 2.13. The van der Waals surface area contributed by atoms with Gasteiger partial charge in [-0.2, -0.15) is 10.4 Å². The second-order valence-corrected chi connectivity index (χ2v) is 7.95. The van der Waals surface area contributed by atoms with Crippen molar-refractivity contribution in [2.75, 3.05) is 38.4 Å². The van der Waals surface area contributed by atoms with Crippen molar-refractivity contribution in [3.05, 3.63) is 24.2 Å². The number of rotatable bonds is 10. The van der Waals surface area contributed by atoms with Gasteiger partial charge in [0.2, 0.25) is 5.60 Å². The maximum atomic E-state index is 12.5. The van der Waals surface area contributed by atoms with Crippen LogP contribution in [0.3, 0.4) is 0 Å². The van der Waals surface area contributed by atoms with Crippen LogP contribution in [0.2, 0.25) is 0 Å². The summed E-state index contributed by atoms with van der Waals surface area (Å²) in [5, 5.41) is 17.1. The quantitative estimate of drug-likeness (QED) is 0.317. The van der Waals surface area contributed by atoms with E-state index in [-0.39, 0.29) is 43.5 Å². The SMILES string of the molecule is CCOC(=O)Nc1ncnn2c([C@]3(C#N)O[C@H](COC(=O)OCC)[C@@H](OC(=O)OCC)[C@H]3OC(=O)OCC)ccc12. The summed E-state index contributed by atoms with van der Waals surface area (Å²) < 4.78 is 42.7. The van der Waals surface area contributed by atoms with E-state index in [1.165, 1.54) is 30.5 Å².